The third-order valence-corrected chi connectivity index (χ3v) is 4.86. The highest BCUT2D eigenvalue weighted by atomic mass is 19.4. The Morgan fingerprint density at radius 2 is 1.96 bits per heavy atom. The Morgan fingerprint density at radius 3 is 2.65 bits per heavy atom. The number of amides is 2. The van der Waals surface area contributed by atoms with Crippen molar-refractivity contribution < 1.29 is 23.1 Å². The molecule has 0 aromatic heterocycles. The predicted octanol–water partition coefficient (Wildman–Crippen LogP) is 3.53. The maximum absolute atomic E-state index is 12.5. The van der Waals surface area contributed by atoms with E-state index in [9.17, 15) is 23.1 Å². The molecule has 2 amide bonds. The van der Waals surface area contributed by atoms with Crippen LogP contribution in [0.4, 0.5) is 18.0 Å². The SMILES string of the molecule is O=C(NCc1ccc(C(F)(F)F)cc1)NC1C=CC=C2CC[C@H](O)CC21. The molecular formula is C19H21F3N2O2. The second-order valence-corrected chi connectivity index (χ2v) is 6.71. The van der Waals surface area contributed by atoms with Crippen LogP contribution in [0, 0.1) is 5.92 Å². The van der Waals surface area contributed by atoms with Crippen LogP contribution in [0.5, 0.6) is 0 Å². The molecule has 2 unspecified atom stereocenters. The average Bonchev–Trinajstić information content (AvgIpc) is 2.60. The first-order chi connectivity index (χ1) is 12.3. The molecule has 0 bridgehead atoms. The number of hydrogen-bond acceptors (Lipinski definition) is 2. The number of urea groups is 1. The van der Waals surface area contributed by atoms with Crippen LogP contribution in [0.2, 0.25) is 0 Å². The van der Waals surface area contributed by atoms with E-state index in [1.165, 1.54) is 17.7 Å². The zero-order chi connectivity index (χ0) is 18.7. The fourth-order valence-corrected chi connectivity index (χ4v) is 3.44. The van der Waals surface area contributed by atoms with Gasteiger partial charge in [-0.3, -0.25) is 0 Å². The number of allylic oxidation sites excluding steroid dienone is 2. The van der Waals surface area contributed by atoms with Gasteiger partial charge in [-0.25, -0.2) is 4.79 Å². The van der Waals surface area contributed by atoms with Gasteiger partial charge in [0.15, 0.2) is 0 Å². The van der Waals surface area contributed by atoms with Crippen molar-refractivity contribution in [2.75, 3.05) is 0 Å². The third kappa shape index (κ3) is 4.46. The fraction of sp³-hybridized carbons (Fsp3) is 0.421. The van der Waals surface area contributed by atoms with Gasteiger partial charge >= 0.3 is 12.2 Å². The van der Waals surface area contributed by atoms with E-state index in [1.54, 1.807) is 0 Å². The number of aliphatic hydroxyl groups excluding tert-OH is 1. The molecule has 0 heterocycles. The number of rotatable bonds is 3. The molecule has 26 heavy (non-hydrogen) atoms. The standard InChI is InChI=1S/C19H21F3N2O2/c20-19(21,22)14-7-4-12(5-8-14)11-23-18(26)24-17-3-1-2-13-6-9-15(25)10-16(13)17/h1-5,7-8,15-17,25H,6,9-11H2,(H2,23,24,26)/t15-,16?,17?/m0/s1. The van der Waals surface area contributed by atoms with E-state index in [4.69, 9.17) is 0 Å². The van der Waals surface area contributed by atoms with Crippen LogP contribution in [0.25, 0.3) is 0 Å². The molecule has 2 aliphatic carbocycles. The fourth-order valence-electron chi connectivity index (χ4n) is 3.44. The largest absolute Gasteiger partial charge is 0.416 e. The second kappa shape index (κ2) is 7.53. The number of carbonyl (C=O) groups is 1. The molecule has 3 rings (SSSR count). The summed E-state index contributed by atoms with van der Waals surface area (Å²) in [6, 6.07) is 4.11. The molecule has 3 N–H and O–H groups in total. The van der Waals surface area contributed by atoms with Crippen molar-refractivity contribution in [1.29, 1.82) is 0 Å². The van der Waals surface area contributed by atoms with Crippen molar-refractivity contribution in [2.45, 2.75) is 44.1 Å². The minimum absolute atomic E-state index is 0.0839. The first kappa shape index (κ1) is 18.5. The zero-order valence-electron chi connectivity index (χ0n) is 14.1. The number of alkyl halides is 3. The van der Waals surface area contributed by atoms with Crippen molar-refractivity contribution in [3.05, 3.63) is 59.2 Å². The summed E-state index contributed by atoms with van der Waals surface area (Å²) in [5, 5.41) is 15.4. The topological polar surface area (TPSA) is 61.4 Å². The van der Waals surface area contributed by atoms with Crippen LogP contribution in [0.15, 0.2) is 48.1 Å². The van der Waals surface area contributed by atoms with E-state index >= 15 is 0 Å². The van der Waals surface area contributed by atoms with E-state index in [0.717, 1.165) is 25.0 Å². The summed E-state index contributed by atoms with van der Waals surface area (Å²) in [6.45, 7) is 0.135. The highest BCUT2D eigenvalue weighted by Gasteiger charge is 2.32. The normalized spacial score (nSPS) is 25.2. The van der Waals surface area contributed by atoms with Gasteiger partial charge in [-0.1, -0.05) is 35.9 Å². The molecular weight excluding hydrogens is 345 g/mol. The number of carbonyl (C=O) groups excluding carboxylic acids is 1. The summed E-state index contributed by atoms with van der Waals surface area (Å²) in [5.74, 6) is 0.0839. The third-order valence-electron chi connectivity index (χ3n) is 4.86. The smallest absolute Gasteiger partial charge is 0.393 e. The summed E-state index contributed by atoms with van der Waals surface area (Å²) in [5.41, 5.74) is 1.10. The molecule has 7 heteroatoms. The number of hydrogen-bond donors (Lipinski definition) is 3. The molecule has 4 nitrogen and oxygen atoms in total. The van der Waals surface area contributed by atoms with Gasteiger partial charge in [0, 0.05) is 12.5 Å². The van der Waals surface area contributed by atoms with Gasteiger partial charge in [-0.05, 0) is 37.0 Å². The number of nitrogens with one attached hydrogen (secondary N) is 2. The monoisotopic (exact) mass is 366 g/mol. The summed E-state index contributed by atoms with van der Waals surface area (Å²) >= 11 is 0. The van der Waals surface area contributed by atoms with Crippen LogP contribution < -0.4 is 10.6 Å². The quantitative estimate of drug-likeness (QED) is 0.766. The molecule has 0 saturated heterocycles. The van der Waals surface area contributed by atoms with Crippen molar-refractivity contribution in [1.82, 2.24) is 10.6 Å². The minimum atomic E-state index is -4.37. The highest BCUT2D eigenvalue weighted by Crippen LogP contribution is 2.34. The minimum Gasteiger partial charge on any atom is -0.393 e. The van der Waals surface area contributed by atoms with E-state index in [2.05, 4.69) is 10.6 Å². The van der Waals surface area contributed by atoms with Crippen molar-refractivity contribution >= 4 is 6.03 Å². The molecule has 0 aliphatic heterocycles. The molecule has 0 radical (unpaired) electrons. The maximum Gasteiger partial charge on any atom is 0.416 e. The van der Waals surface area contributed by atoms with Crippen LogP contribution in [0.1, 0.15) is 30.4 Å². The molecule has 0 spiro atoms. The second-order valence-electron chi connectivity index (χ2n) is 6.71. The lowest BCUT2D eigenvalue weighted by molar-refractivity contribution is -0.137. The Bertz CT molecular complexity index is 710. The summed E-state index contributed by atoms with van der Waals surface area (Å²) in [4.78, 5) is 12.1. The van der Waals surface area contributed by atoms with Crippen molar-refractivity contribution in [3.63, 3.8) is 0 Å². The van der Waals surface area contributed by atoms with E-state index in [1.807, 2.05) is 18.2 Å². The van der Waals surface area contributed by atoms with Crippen LogP contribution >= 0.6 is 0 Å². The average molecular weight is 366 g/mol. The Kier molecular flexibility index (Phi) is 5.36. The van der Waals surface area contributed by atoms with Gasteiger partial charge in [0.2, 0.25) is 0 Å². The van der Waals surface area contributed by atoms with Gasteiger partial charge in [-0.15, -0.1) is 0 Å². The van der Waals surface area contributed by atoms with Crippen LogP contribution in [0.3, 0.4) is 0 Å². The van der Waals surface area contributed by atoms with Gasteiger partial charge in [0.25, 0.3) is 0 Å². The first-order valence-electron chi connectivity index (χ1n) is 8.59. The number of benzene rings is 1. The van der Waals surface area contributed by atoms with E-state index in [0.29, 0.717) is 12.0 Å². The maximum atomic E-state index is 12.5. The molecule has 1 aromatic rings. The lowest BCUT2D eigenvalue weighted by Gasteiger charge is -2.35. The van der Waals surface area contributed by atoms with Gasteiger partial charge in [0.05, 0.1) is 17.7 Å². The molecule has 1 saturated carbocycles. The van der Waals surface area contributed by atoms with Gasteiger partial charge in [-0.2, -0.15) is 13.2 Å². The number of aliphatic hydroxyl groups is 1. The van der Waals surface area contributed by atoms with E-state index < -0.39 is 11.7 Å². The lowest BCUT2D eigenvalue weighted by Crippen LogP contribution is -2.47. The van der Waals surface area contributed by atoms with Crippen LogP contribution in [-0.4, -0.2) is 23.3 Å². The molecule has 1 aromatic carbocycles. The van der Waals surface area contributed by atoms with Gasteiger partial charge in [0.1, 0.15) is 0 Å². The number of fused-ring (bicyclic) bond motifs is 1. The predicted molar refractivity (Wildman–Crippen MR) is 91.2 cm³/mol. The van der Waals surface area contributed by atoms with E-state index in [-0.39, 0.29) is 30.6 Å². The van der Waals surface area contributed by atoms with Crippen LogP contribution in [-0.2, 0) is 12.7 Å². The zero-order valence-corrected chi connectivity index (χ0v) is 14.1. The molecule has 3 atom stereocenters. The molecule has 2 aliphatic rings. The molecule has 140 valence electrons. The summed E-state index contributed by atoms with van der Waals surface area (Å²) in [6.07, 6.45) is 3.28. The Labute approximate surface area is 149 Å². The Morgan fingerprint density at radius 1 is 1.23 bits per heavy atom. The molecule has 1 fully saturated rings. The Balaban J connectivity index is 1.53. The van der Waals surface area contributed by atoms with Crippen molar-refractivity contribution in [2.24, 2.45) is 5.92 Å². The lowest BCUT2D eigenvalue weighted by atomic mass is 9.76. The summed E-state index contributed by atoms with van der Waals surface area (Å²) < 4.78 is 37.6. The Hall–Kier alpha value is -2.28. The van der Waals surface area contributed by atoms with Gasteiger partial charge < -0.3 is 15.7 Å². The van der Waals surface area contributed by atoms with Crippen molar-refractivity contribution in [3.8, 4) is 0 Å². The first-order valence-corrected chi connectivity index (χ1v) is 8.59. The summed E-state index contributed by atoms with van der Waals surface area (Å²) in [7, 11) is 0. The highest BCUT2D eigenvalue weighted by molar-refractivity contribution is 5.74. The number of halogens is 3.